The number of rotatable bonds is 2. The van der Waals surface area contributed by atoms with Crippen LogP contribution in [0.1, 0.15) is 27.8 Å². The second-order valence-electron chi connectivity index (χ2n) is 5.74. The number of benzene rings is 2. The van der Waals surface area contributed by atoms with Crippen molar-refractivity contribution < 1.29 is 8.42 Å². The van der Waals surface area contributed by atoms with Gasteiger partial charge in [-0.05, 0) is 55.2 Å². The second-order valence-corrected chi connectivity index (χ2v) is 7.68. The first kappa shape index (κ1) is 14.3. The van der Waals surface area contributed by atoms with Crippen LogP contribution in [0, 0.1) is 20.8 Å². The molecule has 0 spiro atoms. The largest absolute Gasteiger partial charge is 0.243 e. The molecule has 4 heteroatoms. The lowest BCUT2D eigenvalue weighted by Gasteiger charge is -2.16. The summed E-state index contributed by atoms with van der Waals surface area (Å²) in [6.07, 6.45) is 0. The van der Waals surface area contributed by atoms with Gasteiger partial charge in [-0.2, -0.15) is 4.31 Å². The summed E-state index contributed by atoms with van der Waals surface area (Å²) >= 11 is 0. The Morgan fingerprint density at radius 2 is 1.29 bits per heavy atom. The predicted octanol–water partition coefficient (Wildman–Crippen LogP) is 3.32. The molecule has 110 valence electrons. The van der Waals surface area contributed by atoms with Crippen molar-refractivity contribution >= 4 is 10.0 Å². The van der Waals surface area contributed by atoms with Crippen LogP contribution in [-0.2, 0) is 23.1 Å². The van der Waals surface area contributed by atoms with Gasteiger partial charge < -0.3 is 0 Å². The number of sulfonamides is 1. The second kappa shape index (κ2) is 4.97. The maximum Gasteiger partial charge on any atom is 0.243 e. The van der Waals surface area contributed by atoms with Crippen LogP contribution in [0.4, 0.5) is 0 Å². The van der Waals surface area contributed by atoms with Gasteiger partial charge in [-0.3, -0.25) is 0 Å². The summed E-state index contributed by atoms with van der Waals surface area (Å²) in [5, 5.41) is 0. The highest BCUT2D eigenvalue weighted by Crippen LogP contribution is 2.32. The zero-order valence-corrected chi connectivity index (χ0v) is 13.4. The van der Waals surface area contributed by atoms with Crippen molar-refractivity contribution in [2.24, 2.45) is 0 Å². The lowest BCUT2D eigenvalue weighted by molar-refractivity contribution is 0.431. The van der Waals surface area contributed by atoms with E-state index in [1.165, 1.54) is 0 Å². The third-order valence-corrected chi connectivity index (χ3v) is 6.03. The van der Waals surface area contributed by atoms with Gasteiger partial charge in [0.15, 0.2) is 0 Å². The Hall–Kier alpha value is -1.65. The fraction of sp³-hybridized carbons (Fsp3) is 0.294. The first-order chi connectivity index (χ1) is 9.89. The van der Waals surface area contributed by atoms with Crippen molar-refractivity contribution in [2.45, 2.75) is 38.8 Å². The minimum absolute atomic E-state index is 0.371. The molecular weight excluding hydrogens is 282 g/mol. The normalized spacial score (nSPS) is 15.2. The van der Waals surface area contributed by atoms with Crippen molar-refractivity contribution in [3.05, 3.63) is 64.2 Å². The summed E-state index contributed by atoms with van der Waals surface area (Å²) in [6, 6.07) is 11.2. The lowest BCUT2D eigenvalue weighted by atomic mass is 10.0. The van der Waals surface area contributed by atoms with Gasteiger partial charge in [-0.15, -0.1) is 0 Å². The Kier molecular flexibility index (Phi) is 3.38. The molecule has 0 atom stereocenters. The SMILES string of the molecule is Cc1ccc(S(=O)(=O)N2Cc3c(C)ccc(C)c3C2)cc1. The highest BCUT2D eigenvalue weighted by molar-refractivity contribution is 7.89. The molecule has 0 fully saturated rings. The average Bonchev–Trinajstić information content (AvgIpc) is 2.91. The topological polar surface area (TPSA) is 37.4 Å². The zero-order valence-electron chi connectivity index (χ0n) is 12.6. The van der Waals surface area contributed by atoms with Gasteiger partial charge in [0.05, 0.1) is 4.90 Å². The molecule has 0 radical (unpaired) electrons. The molecule has 0 aromatic heterocycles. The number of hydrogen-bond acceptors (Lipinski definition) is 2. The Morgan fingerprint density at radius 3 is 1.76 bits per heavy atom. The van der Waals surface area contributed by atoms with Crippen molar-refractivity contribution in [1.82, 2.24) is 4.31 Å². The molecule has 1 heterocycles. The molecule has 0 N–H and O–H groups in total. The molecule has 0 saturated heterocycles. The molecular formula is C17H19NO2S. The molecule has 0 unspecified atom stereocenters. The lowest BCUT2D eigenvalue weighted by Crippen LogP contribution is -2.25. The van der Waals surface area contributed by atoms with Crippen LogP contribution in [0.2, 0.25) is 0 Å². The van der Waals surface area contributed by atoms with Crippen LogP contribution in [0.15, 0.2) is 41.3 Å². The van der Waals surface area contributed by atoms with E-state index in [0.717, 1.165) is 27.8 Å². The van der Waals surface area contributed by atoms with E-state index in [0.29, 0.717) is 18.0 Å². The Balaban J connectivity index is 1.99. The third kappa shape index (κ3) is 2.39. The third-order valence-electron chi connectivity index (χ3n) is 4.23. The molecule has 2 aromatic carbocycles. The zero-order chi connectivity index (χ0) is 15.2. The number of nitrogens with zero attached hydrogens (tertiary/aromatic N) is 1. The molecule has 0 bridgehead atoms. The van der Waals surface area contributed by atoms with E-state index in [4.69, 9.17) is 0 Å². The van der Waals surface area contributed by atoms with Crippen LogP contribution >= 0.6 is 0 Å². The fourth-order valence-corrected chi connectivity index (χ4v) is 4.18. The highest BCUT2D eigenvalue weighted by Gasteiger charge is 2.32. The predicted molar refractivity (Wildman–Crippen MR) is 83.5 cm³/mol. The van der Waals surface area contributed by atoms with E-state index in [1.54, 1.807) is 16.4 Å². The summed E-state index contributed by atoms with van der Waals surface area (Å²) in [6.45, 7) is 6.98. The van der Waals surface area contributed by atoms with Gasteiger partial charge in [0.2, 0.25) is 10.0 Å². The van der Waals surface area contributed by atoms with Gasteiger partial charge in [0.25, 0.3) is 0 Å². The van der Waals surface area contributed by atoms with Gasteiger partial charge in [0.1, 0.15) is 0 Å². The van der Waals surface area contributed by atoms with E-state index in [1.807, 2.05) is 32.9 Å². The van der Waals surface area contributed by atoms with Crippen LogP contribution in [0.25, 0.3) is 0 Å². The van der Waals surface area contributed by atoms with Crippen molar-refractivity contribution in [3.8, 4) is 0 Å². The molecule has 0 amide bonds. The van der Waals surface area contributed by atoms with E-state index in [-0.39, 0.29) is 0 Å². The molecule has 1 aliphatic rings. The first-order valence-corrected chi connectivity index (χ1v) is 8.48. The number of aryl methyl sites for hydroxylation is 3. The van der Waals surface area contributed by atoms with Gasteiger partial charge in [0, 0.05) is 13.1 Å². The molecule has 2 aromatic rings. The molecule has 3 nitrogen and oxygen atoms in total. The standard InChI is InChI=1S/C17H19NO2S/c1-12-4-8-15(9-5-12)21(19,20)18-10-16-13(2)6-7-14(3)17(16)11-18/h4-9H,10-11H2,1-3H3. The monoisotopic (exact) mass is 301 g/mol. The van der Waals surface area contributed by atoms with Crippen molar-refractivity contribution in [1.29, 1.82) is 0 Å². The minimum Gasteiger partial charge on any atom is -0.207 e. The summed E-state index contributed by atoms with van der Waals surface area (Å²) in [7, 11) is -3.42. The van der Waals surface area contributed by atoms with Crippen LogP contribution in [0.5, 0.6) is 0 Å². The van der Waals surface area contributed by atoms with Crippen molar-refractivity contribution in [3.63, 3.8) is 0 Å². The van der Waals surface area contributed by atoms with Gasteiger partial charge >= 0.3 is 0 Å². The van der Waals surface area contributed by atoms with Gasteiger partial charge in [-0.25, -0.2) is 8.42 Å². The average molecular weight is 301 g/mol. The van der Waals surface area contributed by atoms with Crippen molar-refractivity contribution in [2.75, 3.05) is 0 Å². The summed E-state index contributed by atoms with van der Waals surface area (Å²) in [4.78, 5) is 0.371. The van der Waals surface area contributed by atoms with Crippen LogP contribution in [0.3, 0.4) is 0 Å². The Morgan fingerprint density at radius 1 is 0.810 bits per heavy atom. The molecule has 3 rings (SSSR count). The maximum absolute atomic E-state index is 12.8. The molecule has 1 aliphatic heterocycles. The van der Waals surface area contributed by atoms with Crippen LogP contribution < -0.4 is 0 Å². The van der Waals surface area contributed by atoms with E-state index < -0.39 is 10.0 Å². The maximum atomic E-state index is 12.8. The number of fused-ring (bicyclic) bond motifs is 1. The smallest absolute Gasteiger partial charge is 0.207 e. The molecule has 0 aliphatic carbocycles. The van der Waals surface area contributed by atoms with Crippen LogP contribution in [-0.4, -0.2) is 12.7 Å². The van der Waals surface area contributed by atoms with E-state index in [9.17, 15) is 8.42 Å². The first-order valence-electron chi connectivity index (χ1n) is 7.04. The fourth-order valence-electron chi connectivity index (χ4n) is 2.81. The van der Waals surface area contributed by atoms with E-state index in [2.05, 4.69) is 12.1 Å². The number of hydrogen-bond donors (Lipinski definition) is 0. The molecule has 0 saturated carbocycles. The molecule has 21 heavy (non-hydrogen) atoms. The van der Waals surface area contributed by atoms with E-state index >= 15 is 0 Å². The Bertz CT molecular complexity index is 761. The van der Waals surface area contributed by atoms with Gasteiger partial charge in [-0.1, -0.05) is 29.8 Å². The quantitative estimate of drug-likeness (QED) is 0.853. The highest BCUT2D eigenvalue weighted by atomic mass is 32.2. The summed E-state index contributed by atoms with van der Waals surface area (Å²) in [5.74, 6) is 0. The summed E-state index contributed by atoms with van der Waals surface area (Å²) < 4.78 is 27.1. The minimum atomic E-state index is -3.42. The Labute approximate surface area is 126 Å². The summed E-state index contributed by atoms with van der Waals surface area (Å²) in [5.41, 5.74) is 5.70.